The van der Waals surface area contributed by atoms with E-state index in [1.807, 2.05) is 0 Å². The molecule has 0 amide bonds. The number of nitrogen functional groups attached to an aromatic ring is 1. The van der Waals surface area contributed by atoms with E-state index in [0.717, 1.165) is 5.69 Å². The van der Waals surface area contributed by atoms with Gasteiger partial charge in [-0.1, -0.05) is 0 Å². The maximum Gasteiger partial charge on any atom is 0.335 e. The second kappa shape index (κ2) is 5.83. The summed E-state index contributed by atoms with van der Waals surface area (Å²) in [5.74, 6) is -0.222. The number of nitrogens with one attached hydrogen (secondary N) is 1. The second-order valence-corrected chi connectivity index (χ2v) is 3.31. The van der Waals surface area contributed by atoms with E-state index in [1.165, 1.54) is 18.3 Å². The summed E-state index contributed by atoms with van der Waals surface area (Å²) in [4.78, 5) is 18.4. The molecule has 0 bridgehead atoms. The SMILES string of the molecule is Cl.Nc1nccc(Nc2ccc(C(=O)O)cc2)n1. The Balaban J connectivity index is 0.00000162. The topological polar surface area (TPSA) is 101 Å². The summed E-state index contributed by atoms with van der Waals surface area (Å²) in [5, 5.41) is 11.7. The Kier molecular flexibility index (Phi) is 4.45. The number of rotatable bonds is 3. The lowest BCUT2D eigenvalue weighted by molar-refractivity contribution is 0.0697. The highest BCUT2D eigenvalue weighted by Crippen LogP contribution is 2.15. The molecule has 0 saturated carbocycles. The zero-order chi connectivity index (χ0) is 12.3. The fourth-order valence-electron chi connectivity index (χ4n) is 1.29. The quantitative estimate of drug-likeness (QED) is 0.785. The molecule has 0 fully saturated rings. The fourth-order valence-corrected chi connectivity index (χ4v) is 1.29. The van der Waals surface area contributed by atoms with Crippen molar-refractivity contribution in [2.24, 2.45) is 0 Å². The number of nitrogens with zero attached hydrogens (tertiary/aromatic N) is 2. The van der Waals surface area contributed by atoms with Crippen molar-refractivity contribution in [2.45, 2.75) is 0 Å². The van der Waals surface area contributed by atoms with Gasteiger partial charge in [-0.25, -0.2) is 9.78 Å². The van der Waals surface area contributed by atoms with E-state index in [2.05, 4.69) is 15.3 Å². The van der Waals surface area contributed by atoms with E-state index in [1.54, 1.807) is 18.2 Å². The third kappa shape index (κ3) is 3.33. The minimum Gasteiger partial charge on any atom is -0.478 e. The van der Waals surface area contributed by atoms with Crippen molar-refractivity contribution in [2.75, 3.05) is 11.1 Å². The number of halogens is 1. The highest BCUT2D eigenvalue weighted by molar-refractivity contribution is 5.88. The number of aromatic nitrogens is 2. The first-order chi connectivity index (χ1) is 8.15. The molecule has 0 aliphatic carbocycles. The molecule has 0 aliphatic heterocycles. The van der Waals surface area contributed by atoms with Crippen LogP contribution in [0.4, 0.5) is 17.5 Å². The number of carboxylic acid groups (broad SMARTS) is 1. The number of anilines is 3. The van der Waals surface area contributed by atoms with Crippen LogP contribution < -0.4 is 11.1 Å². The van der Waals surface area contributed by atoms with Gasteiger partial charge in [0.1, 0.15) is 5.82 Å². The lowest BCUT2D eigenvalue weighted by Gasteiger charge is -2.05. The molecular weight excluding hydrogens is 256 g/mol. The predicted octanol–water partition coefficient (Wildman–Crippen LogP) is 1.92. The van der Waals surface area contributed by atoms with E-state index in [9.17, 15) is 4.79 Å². The van der Waals surface area contributed by atoms with Gasteiger partial charge in [0.05, 0.1) is 5.56 Å². The summed E-state index contributed by atoms with van der Waals surface area (Å²) in [6.07, 6.45) is 1.54. The van der Waals surface area contributed by atoms with Gasteiger partial charge in [0.2, 0.25) is 5.95 Å². The van der Waals surface area contributed by atoms with E-state index in [4.69, 9.17) is 10.8 Å². The number of aromatic carboxylic acids is 1. The lowest BCUT2D eigenvalue weighted by Crippen LogP contribution is -2.00. The number of nitrogens with two attached hydrogens (primary N) is 1. The van der Waals surface area contributed by atoms with Crippen LogP contribution in [0.1, 0.15) is 10.4 Å². The molecule has 2 aromatic rings. The Morgan fingerprint density at radius 1 is 1.22 bits per heavy atom. The first kappa shape index (κ1) is 13.7. The average Bonchev–Trinajstić information content (AvgIpc) is 2.29. The summed E-state index contributed by atoms with van der Waals surface area (Å²) < 4.78 is 0. The predicted molar refractivity (Wildman–Crippen MR) is 70.4 cm³/mol. The van der Waals surface area contributed by atoms with E-state index >= 15 is 0 Å². The number of benzene rings is 1. The molecule has 6 nitrogen and oxygen atoms in total. The second-order valence-electron chi connectivity index (χ2n) is 3.31. The van der Waals surface area contributed by atoms with Gasteiger partial charge in [0.15, 0.2) is 0 Å². The number of hydrogen-bond donors (Lipinski definition) is 3. The monoisotopic (exact) mass is 266 g/mol. The van der Waals surface area contributed by atoms with Crippen molar-refractivity contribution < 1.29 is 9.90 Å². The van der Waals surface area contributed by atoms with Crippen molar-refractivity contribution >= 4 is 35.8 Å². The summed E-state index contributed by atoms with van der Waals surface area (Å²) in [6.45, 7) is 0. The van der Waals surface area contributed by atoms with Crippen LogP contribution in [0.25, 0.3) is 0 Å². The molecule has 0 aliphatic rings. The molecule has 18 heavy (non-hydrogen) atoms. The number of carboxylic acids is 1. The summed E-state index contributed by atoms with van der Waals surface area (Å²) >= 11 is 0. The standard InChI is InChI=1S/C11H10N4O2.ClH/c12-11-13-6-5-9(15-11)14-8-3-1-7(2-4-8)10(16)17;/h1-6H,(H,16,17)(H3,12,13,14,15);1H. The number of carbonyl (C=O) groups is 1. The molecule has 2 rings (SSSR count). The van der Waals surface area contributed by atoms with Gasteiger partial charge < -0.3 is 16.2 Å². The van der Waals surface area contributed by atoms with Crippen molar-refractivity contribution in [3.8, 4) is 0 Å². The average molecular weight is 267 g/mol. The van der Waals surface area contributed by atoms with E-state index < -0.39 is 5.97 Å². The van der Waals surface area contributed by atoms with Gasteiger partial charge in [0, 0.05) is 11.9 Å². The van der Waals surface area contributed by atoms with Crippen LogP contribution >= 0.6 is 12.4 Å². The highest BCUT2D eigenvalue weighted by Gasteiger charge is 2.02. The first-order valence-corrected chi connectivity index (χ1v) is 4.84. The zero-order valence-corrected chi connectivity index (χ0v) is 10.0. The van der Waals surface area contributed by atoms with Gasteiger partial charge in [-0.05, 0) is 30.3 Å². The molecule has 0 atom stereocenters. The smallest absolute Gasteiger partial charge is 0.335 e. The van der Waals surface area contributed by atoms with Gasteiger partial charge in [-0.3, -0.25) is 0 Å². The molecule has 1 aromatic heterocycles. The number of hydrogen-bond acceptors (Lipinski definition) is 5. The minimum atomic E-state index is -0.956. The Morgan fingerprint density at radius 3 is 2.44 bits per heavy atom. The third-order valence-corrected chi connectivity index (χ3v) is 2.08. The molecule has 0 unspecified atom stereocenters. The molecule has 94 valence electrons. The Morgan fingerprint density at radius 2 is 1.89 bits per heavy atom. The first-order valence-electron chi connectivity index (χ1n) is 4.84. The van der Waals surface area contributed by atoms with Crippen LogP contribution in [0.2, 0.25) is 0 Å². The maximum absolute atomic E-state index is 10.7. The highest BCUT2D eigenvalue weighted by atomic mass is 35.5. The van der Waals surface area contributed by atoms with Crippen molar-refractivity contribution in [1.82, 2.24) is 9.97 Å². The van der Waals surface area contributed by atoms with Gasteiger partial charge >= 0.3 is 5.97 Å². The van der Waals surface area contributed by atoms with Gasteiger partial charge in [0.25, 0.3) is 0 Å². The van der Waals surface area contributed by atoms with E-state index in [0.29, 0.717) is 5.82 Å². The normalized spacial score (nSPS) is 9.33. The summed E-state index contributed by atoms with van der Waals surface area (Å²) in [6, 6.07) is 8.00. The fraction of sp³-hybridized carbons (Fsp3) is 0. The maximum atomic E-state index is 10.7. The van der Waals surface area contributed by atoms with Crippen LogP contribution in [0.3, 0.4) is 0 Å². The van der Waals surface area contributed by atoms with Gasteiger partial charge in [-0.2, -0.15) is 4.98 Å². The van der Waals surface area contributed by atoms with Crippen molar-refractivity contribution in [3.63, 3.8) is 0 Å². The van der Waals surface area contributed by atoms with Crippen LogP contribution in [-0.4, -0.2) is 21.0 Å². The molecule has 1 heterocycles. The lowest BCUT2D eigenvalue weighted by atomic mass is 10.2. The zero-order valence-electron chi connectivity index (χ0n) is 9.20. The minimum absolute atomic E-state index is 0. The van der Waals surface area contributed by atoms with E-state index in [-0.39, 0.29) is 23.9 Å². The molecule has 0 spiro atoms. The summed E-state index contributed by atoms with van der Waals surface area (Å²) in [7, 11) is 0. The third-order valence-electron chi connectivity index (χ3n) is 2.08. The van der Waals surface area contributed by atoms with Crippen LogP contribution in [0.15, 0.2) is 36.5 Å². The molecule has 4 N–H and O–H groups in total. The largest absolute Gasteiger partial charge is 0.478 e. The van der Waals surface area contributed by atoms with Crippen LogP contribution in [-0.2, 0) is 0 Å². The Hall–Kier alpha value is -2.34. The molecule has 7 heteroatoms. The van der Waals surface area contributed by atoms with Crippen molar-refractivity contribution in [3.05, 3.63) is 42.1 Å². The van der Waals surface area contributed by atoms with Crippen molar-refractivity contribution in [1.29, 1.82) is 0 Å². The van der Waals surface area contributed by atoms with Crippen LogP contribution in [0, 0.1) is 0 Å². The molecular formula is C11H11ClN4O2. The van der Waals surface area contributed by atoms with Crippen LogP contribution in [0.5, 0.6) is 0 Å². The Bertz CT molecular complexity index is 545. The Labute approximate surface area is 109 Å². The molecule has 0 saturated heterocycles. The molecule has 0 radical (unpaired) electrons. The van der Waals surface area contributed by atoms with Gasteiger partial charge in [-0.15, -0.1) is 12.4 Å². The molecule has 1 aromatic carbocycles. The summed E-state index contributed by atoms with van der Waals surface area (Å²) in [5.41, 5.74) is 6.40.